The van der Waals surface area contributed by atoms with Crippen molar-refractivity contribution in [1.82, 2.24) is 4.90 Å². The summed E-state index contributed by atoms with van der Waals surface area (Å²) < 4.78 is 71.9. The van der Waals surface area contributed by atoms with Gasteiger partial charge in [0.05, 0.1) is 17.1 Å². The molecule has 0 saturated heterocycles. The van der Waals surface area contributed by atoms with Crippen molar-refractivity contribution < 1.29 is 26.3 Å². The number of nitrogens with one attached hydrogen (secondary N) is 1. The SMILES string of the molecule is Cl.O=S(=O)(Nc1ccc2c(c1)CCN(CCCOc1ccccc1)CC2)c1ccc(C(F)(F)F)cc1. The van der Waals surface area contributed by atoms with Gasteiger partial charge in [-0.25, -0.2) is 8.42 Å². The zero-order valence-corrected chi connectivity index (χ0v) is 21.1. The number of sulfonamides is 1. The Kier molecular flexibility index (Phi) is 9.27. The fourth-order valence-corrected chi connectivity index (χ4v) is 5.14. The van der Waals surface area contributed by atoms with Gasteiger partial charge >= 0.3 is 6.18 Å². The number of fused-ring (bicyclic) bond motifs is 1. The van der Waals surface area contributed by atoms with Crippen molar-refractivity contribution in [1.29, 1.82) is 0 Å². The van der Waals surface area contributed by atoms with E-state index in [0.29, 0.717) is 12.3 Å². The van der Waals surface area contributed by atoms with Crippen molar-refractivity contribution in [3.8, 4) is 5.75 Å². The Balaban J connectivity index is 0.00000361. The van der Waals surface area contributed by atoms with Crippen LogP contribution in [0, 0.1) is 0 Å². The maximum Gasteiger partial charge on any atom is 0.416 e. The van der Waals surface area contributed by atoms with Crippen LogP contribution in [0.3, 0.4) is 0 Å². The van der Waals surface area contributed by atoms with E-state index in [2.05, 4.69) is 9.62 Å². The molecule has 5 nitrogen and oxygen atoms in total. The average Bonchev–Trinajstić information content (AvgIpc) is 3.04. The van der Waals surface area contributed by atoms with Crippen molar-refractivity contribution in [2.24, 2.45) is 0 Å². The molecule has 0 saturated carbocycles. The van der Waals surface area contributed by atoms with Gasteiger partial charge in [-0.05, 0) is 78.9 Å². The number of para-hydroxylation sites is 1. The van der Waals surface area contributed by atoms with E-state index in [0.717, 1.165) is 74.5 Å². The summed E-state index contributed by atoms with van der Waals surface area (Å²) in [6.45, 7) is 3.32. The molecule has 194 valence electrons. The topological polar surface area (TPSA) is 58.6 Å². The number of hydrogen-bond acceptors (Lipinski definition) is 4. The predicted octanol–water partition coefficient (Wildman–Crippen LogP) is 5.80. The van der Waals surface area contributed by atoms with E-state index in [9.17, 15) is 21.6 Å². The summed E-state index contributed by atoms with van der Waals surface area (Å²) in [7, 11) is -4.00. The summed E-state index contributed by atoms with van der Waals surface area (Å²) in [6, 6.07) is 18.6. The molecule has 1 heterocycles. The smallest absolute Gasteiger partial charge is 0.416 e. The zero-order valence-electron chi connectivity index (χ0n) is 19.5. The van der Waals surface area contributed by atoms with Gasteiger partial charge in [0.25, 0.3) is 10.0 Å². The van der Waals surface area contributed by atoms with Gasteiger partial charge < -0.3 is 9.64 Å². The molecule has 0 radical (unpaired) electrons. The quantitative estimate of drug-likeness (QED) is 0.367. The summed E-state index contributed by atoms with van der Waals surface area (Å²) in [5.41, 5.74) is 1.75. The highest BCUT2D eigenvalue weighted by Gasteiger charge is 2.30. The molecule has 0 aliphatic carbocycles. The number of benzene rings is 3. The Labute approximate surface area is 215 Å². The van der Waals surface area contributed by atoms with E-state index in [-0.39, 0.29) is 17.3 Å². The van der Waals surface area contributed by atoms with Crippen LogP contribution in [-0.4, -0.2) is 39.6 Å². The highest BCUT2D eigenvalue weighted by molar-refractivity contribution is 7.92. The van der Waals surface area contributed by atoms with Crippen molar-refractivity contribution in [3.63, 3.8) is 0 Å². The Morgan fingerprint density at radius 3 is 2.22 bits per heavy atom. The monoisotopic (exact) mass is 540 g/mol. The van der Waals surface area contributed by atoms with Gasteiger partial charge in [0.2, 0.25) is 0 Å². The summed E-state index contributed by atoms with van der Waals surface area (Å²) in [6.07, 6.45) is -1.97. The van der Waals surface area contributed by atoms with Crippen molar-refractivity contribution in [3.05, 3.63) is 89.5 Å². The fourth-order valence-electron chi connectivity index (χ4n) is 4.09. The van der Waals surface area contributed by atoms with Crippen molar-refractivity contribution in [2.75, 3.05) is 31.0 Å². The summed E-state index contributed by atoms with van der Waals surface area (Å²) in [4.78, 5) is 2.16. The second kappa shape index (κ2) is 12.0. The van der Waals surface area contributed by atoms with E-state index < -0.39 is 21.8 Å². The molecule has 1 N–H and O–H groups in total. The maximum absolute atomic E-state index is 12.8. The minimum atomic E-state index is -4.52. The van der Waals surface area contributed by atoms with Crippen LogP contribution in [0.1, 0.15) is 23.1 Å². The van der Waals surface area contributed by atoms with E-state index >= 15 is 0 Å². The minimum absolute atomic E-state index is 0. The van der Waals surface area contributed by atoms with Gasteiger partial charge in [-0.2, -0.15) is 13.2 Å². The third-order valence-corrected chi connectivity index (χ3v) is 7.37. The lowest BCUT2D eigenvalue weighted by molar-refractivity contribution is -0.137. The predicted molar refractivity (Wildman–Crippen MR) is 136 cm³/mol. The summed E-state index contributed by atoms with van der Waals surface area (Å²) >= 11 is 0. The molecule has 0 fully saturated rings. The molecule has 0 aromatic heterocycles. The molecule has 3 aromatic rings. The molecule has 0 amide bonds. The number of alkyl halides is 3. The number of rotatable bonds is 8. The number of anilines is 1. The molecular weight excluding hydrogens is 513 g/mol. The largest absolute Gasteiger partial charge is 0.494 e. The van der Waals surface area contributed by atoms with Crippen LogP contribution in [0.4, 0.5) is 18.9 Å². The molecule has 1 aliphatic heterocycles. The van der Waals surface area contributed by atoms with E-state index in [1.165, 1.54) is 5.56 Å². The van der Waals surface area contributed by atoms with Gasteiger partial charge in [-0.15, -0.1) is 12.4 Å². The highest BCUT2D eigenvalue weighted by Crippen LogP contribution is 2.30. The zero-order chi connectivity index (χ0) is 24.9. The van der Waals surface area contributed by atoms with Gasteiger partial charge in [0.1, 0.15) is 5.75 Å². The number of ether oxygens (including phenoxy) is 1. The van der Waals surface area contributed by atoms with Crippen LogP contribution in [0.2, 0.25) is 0 Å². The van der Waals surface area contributed by atoms with E-state index in [1.54, 1.807) is 6.07 Å². The summed E-state index contributed by atoms with van der Waals surface area (Å²) in [5.74, 6) is 0.863. The van der Waals surface area contributed by atoms with Crippen LogP contribution in [0.15, 0.2) is 77.7 Å². The number of nitrogens with zero attached hydrogens (tertiary/aromatic N) is 1. The van der Waals surface area contributed by atoms with E-state index in [4.69, 9.17) is 4.74 Å². The van der Waals surface area contributed by atoms with E-state index in [1.807, 2.05) is 42.5 Å². The first kappa shape index (κ1) is 27.8. The average molecular weight is 541 g/mol. The van der Waals surface area contributed by atoms with Crippen molar-refractivity contribution >= 4 is 28.1 Å². The molecule has 4 rings (SSSR count). The van der Waals surface area contributed by atoms with Crippen LogP contribution >= 0.6 is 12.4 Å². The molecule has 0 spiro atoms. The molecule has 36 heavy (non-hydrogen) atoms. The lowest BCUT2D eigenvalue weighted by atomic mass is 10.0. The molecule has 3 aromatic carbocycles. The standard InChI is InChI=1S/C26H27F3N2O3S.ClH/c27-26(28,29)22-8-11-25(12-9-22)35(32,33)30-23-10-7-20-13-16-31(17-14-21(20)19-23)15-4-18-34-24-5-2-1-3-6-24;/h1-3,5-12,19,30H,4,13-18H2;1H. The molecule has 0 atom stereocenters. The normalized spacial score (nSPS) is 14.3. The molecule has 0 unspecified atom stereocenters. The first-order chi connectivity index (χ1) is 16.7. The lowest BCUT2D eigenvalue weighted by Crippen LogP contribution is -2.28. The fraction of sp³-hybridized carbons (Fsp3) is 0.308. The lowest BCUT2D eigenvalue weighted by Gasteiger charge is -2.19. The maximum atomic E-state index is 12.8. The number of halogens is 4. The van der Waals surface area contributed by atoms with Crippen LogP contribution in [0.25, 0.3) is 0 Å². The van der Waals surface area contributed by atoms with Gasteiger partial charge in [-0.3, -0.25) is 4.72 Å². The Morgan fingerprint density at radius 1 is 0.889 bits per heavy atom. The van der Waals surface area contributed by atoms with Gasteiger partial charge in [0, 0.05) is 25.3 Å². The first-order valence-electron chi connectivity index (χ1n) is 11.4. The second-order valence-corrected chi connectivity index (χ2v) is 10.2. The van der Waals surface area contributed by atoms with Crippen LogP contribution in [0.5, 0.6) is 5.75 Å². The third-order valence-electron chi connectivity index (χ3n) is 5.98. The molecular formula is C26H28ClF3N2O3S. The van der Waals surface area contributed by atoms with Crippen molar-refractivity contribution in [2.45, 2.75) is 30.3 Å². The van der Waals surface area contributed by atoms with Gasteiger partial charge in [0.15, 0.2) is 0 Å². The second-order valence-electron chi connectivity index (χ2n) is 8.47. The van der Waals surface area contributed by atoms with Crippen LogP contribution in [-0.2, 0) is 29.0 Å². The third kappa shape index (κ3) is 7.38. The van der Waals surface area contributed by atoms with Crippen LogP contribution < -0.4 is 9.46 Å². The molecule has 1 aliphatic rings. The Bertz CT molecular complexity index is 1240. The molecule has 0 bridgehead atoms. The highest BCUT2D eigenvalue weighted by atomic mass is 35.5. The van der Waals surface area contributed by atoms with Gasteiger partial charge in [-0.1, -0.05) is 24.3 Å². The molecule has 10 heteroatoms. The summed E-state index contributed by atoms with van der Waals surface area (Å²) in [5, 5.41) is 0. The first-order valence-corrected chi connectivity index (χ1v) is 12.9. The number of hydrogen-bond donors (Lipinski definition) is 1. The Morgan fingerprint density at radius 2 is 1.56 bits per heavy atom. The Hall–Kier alpha value is -2.75. The minimum Gasteiger partial charge on any atom is -0.494 e.